The first-order chi connectivity index (χ1) is 7.74. The molecule has 0 radical (unpaired) electrons. The quantitative estimate of drug-likeness (QED) is 0.722. The Balaban J connectivity index is 2.63. The predicted molar refractivity (Wildman–Crippen MR) is 59.9 cm³/mol. The zero-order valence-electron chi connectivity index (χ0n) is 8.97. The predicted octanol–water partition coefficient (Wildman–Crippen LogP) is 1.71. The minimum Gasteiger partial charge on any atom is -0.365 e. The number of aldehydes is 1. The van der Waals surface area contributed by atoms with Gasteiger partial charge in [0.25, 0.3) is 0 Å². The lowest BCUT2D eigenvalue weighted by atomic mass is 9.80. The van der Waals surface area contributed by atoms with Crippen LogP contribution >= 0.6 is 0 Å². The summed E-state index contributed by atoms with van der Waals surface area (Å²) in [6.45, 7) is 0. The smallest absolute Gasteiger partial charge is 0.192 e. The van der Waals surface area contributed by atoms with Crippen molar-refractivity contribution in [3.8, 4) is 0 Å². The van der Waals surface area contributed by atoms with Crippen LogP contribution in [-0.4, -0.2) is 19.2 Å². The van der Waals surface area contributed by atoms with Crippen LogP contribution in [0.3, 0.4) is 0 Å². The standard InChI is InChI=1S/C13H12O3/c1-16-13(8-9-14)11-5-3-2-4-10(11)6-7-12(13)15/h2-7,9H,8H2,1H3. The van der Waals surface area contributed by atoms with E-state index in [0.717, 1.165) is 17.4 Å². The molecule has 0 fully saturated rings. The van der Waals surface area contributed by atoms with Crippen LogP contribution < -0.4 is 0 Å². The highest BCUT2D eigenvalue weighted by Gasteiger charge is 2.41. The second-order valence-electron chi connectivity index (χ2n) is 3.69. The molecule has 0 amide bonds. The molecule has 0 spiro atoms. The molecule has 0 N–H and O–H groups in total. The summed E-state index contributed by atoms with van der Waals surface area (Å²) in [6, 6.07) is 7.45. The molecule has 1 unspecified atom stereocenters. The molecular weight excluding hydrogens is 204 g/mol. The number of fused-ring (bicyclic) bond motifs is 1. The molecule has 0 aromatic heterocycles. The fourth-order valence-electron chi connectivity index (χ4n) is 2.06. The first-order valence-corrected chi connectivity index (χ1v) is 5.05. The molecule has 2 rings (SSSR count). The van der Waals surface area contributed by atoms with Gasteiger partial charge in [-0.05, 0) is 17.2 Å². The van der Waals surface area contributed by atoms with Gasteiger partial charge in [0.05, 0.1) is 0 Å². The van der Waals surface area contributed by atoms with E-state index in [-0.39, 0.29) is 12.2 Å². The molecule has 1 aromatic rings. The van der Waals surface area contributed by atoms with E-state index in [9.17, 15) is 9.59 Å². The average molecular weight is 216 g/mol. The van der Waals surface area contributed by atoms with Gasteiger partial charge < -0.3 is 9.53 Å². The van der Waals surface area contributed by atoms with E-state index in [0.29, 0.717) is 0 Å². The number of carbonyl (C=O) groups is 2. The maximum Gasteiger partial charge on any atom is 0.192 e. The van der Waals surface area contributed by atoms with Crippen molar-refractivity contribution in [2.45, 2.75) is 12.0 Å². The first kappa shape index (κ1) is 10.8. The maximum absolute atomic E-state index is 11.9. The van der Waals surface area contributed by atoms with Gasteiger partial charge >= 0.3 is 0 Å². The first-order valence-electron chi connectivity index (χ1n) is 5.05. The summed E-state index contributed by atoms with van der Waals surface area (Å²) in [7, 11) is 1.46. The lowest BCUT2D eigenvalue weighted by Crippen LogP contribution is -2.39. The highest BCUT2D eigenvalue weighted by Crippen LogP contribution is 2.36. The van der Waals surface area contributed by atoms with Crippen LogP contribution in [0.15, 0.2) is 30.3 Å². The van der Waals surface area contributed by atoms with Crippen LogP contribution in [0, 0.1) is 0 Å². The van der Waals surface area contributed by atoms with E-state index >= 15 is 0 Å². The average Bonchev–Trinajstić information content (AvgIpc) is 2.33. The van der Waals surface area contributed by atoms with E-state index in [4.69, 9.17) is 4.74 Å². The summed E-state index contributed by atoms with van der Waals surface area (Å²) >= 11 is 0. The Morgan fingerprint density at radius 1 is 1.31 bits per heavy atom. The van der Waals surface area contributed by atoms with Crippen molar-refractivity contribution >= 4 is 18.1 Å². The highest BCUT2D eigenvalue weighted by atomic mass is 16.5. The molecule has 0 heterocycles. The number of ketones is 1. The lowest BCUT2D eigenvalue weighted by Gasteiger charge is -2.32. The Morgan fingerprint density at radius 3 is 2.75 bits per heavy atom. The molecule has 0 saturated carbocycles. The highest BCUT2D eigenvalue weighted by molar-refractivity contribution is 6.05. The summed E-state index contributed by atoms with van der Waals surface area (Å²) < 4.78 is 5.33. The van der Waals surface area contributed by atoms with Gasteiger partial charge in [0.1, 0.15) is 6.29 Å². The molecule has 1 aliphatic rings. The van der Waals surface area contributed by atoms with E-state index in [2.05, 4.69) is 0 Å². The van der Waals surface area contributed by atoms with Crippen molar-refractivity contribution < 1.29 is 14.3 Å². The molecule has 0 bridgehead atoms. The van der Waals surface area contributed by atoms with Crippen LogP contribution in [-0.2, 0) is 19.9 Å². The Kier molecular flexibility index (Phi) is 2.71. The molecule has 1 aromatic carbocycles. The van der Waals surface area contributed by atoms with Gasteiger partial charge in [0, 0.05) is 13.5 Å². The number of methoxy groups -OCH3 is 1. The SMILES string of the molecule is COC1(CC=O)C(=O)C=Cc2ccccc21. The summed E-state index contributed by atoms with van der Waals surface area (Å²) in [5.41, 5.74) is 0.551. The van der Waals surface area contributed by atoms with Gasteiger partial charge in [0.15, 0.2) is 11.4 Å². The van der Waals surface area contributed by atoms with E-state index in [1.165, 1.54) is 13.2 Å². The second-order valence-corrected chi connectivity index (χ2v) is 3.69. The van der Waals surface area contributed by atoms with E-state index < -0.39 is 5.60 Å². The third-order valence-corrected chi connectivity index (χ3v) is 2.93. The minimum absolute atomic E-state index is 0.0453. The van der Waals surface area contributed by atoms with E-state index in [1.807, 2.05) is 24.3 Å². The third-order valence-electron chi connectivity index (χ3n) is 2.93. The number of ether oxygens (including phenoxy) is 1. The summed E-state index contributed by atoms with van der Waals surface area (Å²) in [5, 5.41) is 0. The molecule has 3 heteroatoms. The molecule has 1 aliphatic carbocycles. The van der Waals surface area contributed by atoms with Gasteiger partial charge in [-0.1, -0.05) is 30.3 Å². The van der Waals surface area contributed by atoms with Crippen LogP contribution in [0.2, 0.25) is 0 Å². The van der Waals surface area contributed by atoms with Gasteiger partial charge in [-0.2, -0.15) is 0 Å². The van der Waals surface area contributed by atoms with Crippen LogP contribution in [0.25, 0.3) is 6.08 Å². The Bertz CT molecular complexity index is 462. The van der Waals surface area contributed by atoms with E-state index in [1.54, 1.807) is 6.08 Å². The minimum atomic E-state index is -1.13. The number of carbonyl (C=O) groups excluding carboxylic acids is 2. The summed E-state index contributed by atoms with van der Waals surface area (Å²) in [4.78, 5) is 22.7. The second kappa shape index (κ2) is 4.02. The van der Waals surface area contributed by atoms with Crippen LogP contribution in [0.4, 0.5) is 0 Å². The van der Waals surface area contributed by atoms with Crippen LogP contribution in [0.5, 0.6) is 0 Å². The van der Waals surface area contributed by atoms with Gasteiger partial charge in [0.2, 0.25) is 0 Å². The lowest BCUT2D eigenvalue weighted by molar-refractivity contribution is -0.141. The molecule has 1 atom stereocenters. The third kappa shape index (κ3) is 1.41. The topological polar surface area (TPSA) is 43.4 Å². The number of benzene rings is 1. The molecule has 82 valence electrons. The maximum atomic E-state index is 11.9. The van der Waals surface area contributed by atoms with Crippen molar-refractivity contribution in [3.63, 3.8) is 0 Å². The van der Waals surface area contributed by atoms with Crippen molar-refractivity contribution in [2.24, 2.45) is 0 Å². The van der Waals surface area contributed by atoms with Gasteiger partial charge in [-0.3, -0.25) is 4.79 Å². The van der Waals surface area contributed by atoms with Gasteiger partial charge in [-0.15, -0.1) is 0 Å². The Labute approximate surface area is 93.7 Å². The molecular formula is C13H12O3. The summed E-state index contributed by atoms with van der Waals surface area (Å²) in [5.74, 6) is -0.180. The van der Waals surface area contributed by atoms with Crippen molar-refractivity contribution in [1.29, 1.82) is 0 Å². The largest absolute Gasteiger partial charge is 0.365 e. The molecule has 0 aliphatic heterocycles. The number of hydrogen-bond acceptors (Lipinski definition) is 3. The van der Waals surface area contributed by atoms with Crippen molar-refractivity contribution in [2.75, 3.05) is 7.11 Å². The fraction of sp³-hybridized carbons (Fsp3) is 0.231. The zero-order chi connectivity index (χ0) is 11.6. The monoisotopic (exact) mass is 216 g/mol. The number of hydrogen-bond donors (Lipinski definition) is 0. The van der Waals surface area contributed by atoms with Crippen LogP contribution in [0.1, 0.15) is 17.5 Å². The fourth-order valence-corrected chi connectivity index (χ4v) is 2.06. The van der Waals surface area contributed by atoms with Crippen molar-refractivity contribution in [1.82, 2.24) is 0 Å². The van der Waals surface area contributed by atoms with Gasteiger partial charge in [-0.25, -0.2) is 0 Å². The number of rotatable bonds is 3. The normalized spacial score (nSPS) is 22.9. The zero-order valence-corrected chi connectivity index (χ0v) is 8.97. The summed E-state index contributed by atoms with van der Waals surface area (Å²) in [6.07, 6.45) is 3.98. The Morgan fingerprint density at radius 2 is 2.06 bits per heavy atom. The molecule has 16 heavy (non-hydrogen) atoms. The molecule has 0 saturated heterocycles. The van der Waals surface area contributed by atoms with Crippen molar-refractivity contribution in [3.05, 3.63) is 41.5 Å². The Hall–Kier alpha value is -1.74. The molecule has 3 nitrogen and oxygen atoms in total.